The molecule has 0 saturated carbocycles. The normalized spacial score (nSPS) is 19.9. The van der Waals surface area contributed by atoms with Crippen molar-refractivity contribution in [3.8, 4) is 0 Å². The predicted molar refractivity (Wildman–Crippen MR) is 78.1 cm³/mol. The van der Waals surface area contributed by atoms with Gasteiger partial charge in [0.15, 0.2) is 5.13 Å². The molecule has 20 heavy (non-hydrogen) atoms. The minimum Gasteiger partial charge on any atom is -0.288 e. The molecule has 1 unspecified atom stereocenters. The maximum atomic E-state index is 12.0. The van der Waals surface area contributed by atoms with Crippen molar-refractivity contribution in [1.82, 2.24) is 4.98 Å². The lowest BCUT2D eigenvalue weighted by Crippen LogP contribution is -2.27. The molecule has 0 bridgehead atoms. The Morgan fingerprint density at radius 3 is 2.85 bits per heavy atom. The van der Waals surface area contributed by atoms with Gasteiger partial charge in [-0.05, 0) is 12.1 Å². The van der Waals surface area contributed by atoms with Crippen LogP contribution in [0.5, 0.6) is 0 Å². The van der Waals surface area contributed by atoms with Gasteiger partial charge in [-0.25, -0.2) is 18.5 Å². The Morgan fingerprint density at radius 2 is 2.15 bits per heavy atom. The van der Waals surface area contributed by atoms with E-state index >= 15 is 0 Å². The molecular weight excluding hydrogens is 298 g/mol. The number of thiazole rings is 1. The largest absolute Gasteiger partial charge is 0.288 e. The fourth-order valence-corrected chi connectivity index (χ4v) is 4.25. The molecule has 0 radical (unpaired) electrons. The van der Waals surface area contributed by atoms with E-state index in [2.05, 4.69) is 4.98 Å². The second-order valence-electron chi connectivity index (χ2n) is 4.87. The Kier molecular flexibility index (Phi) is 3.23. The third-order valence-electron chi connectivity index (χ3n) is 3.19. The Balaban J connectivity index is 1.85. The number of carbonyl (C=O) groups is 1. The van der Waals surface area contributed by atoms with E-state index in [1.807, 2.05) is 24.3 Å². The highest BCUT2D eigenvalue weighted by Crippen LogP contribution is 2.32. The Labute approximate surface area is 120 Å². The fraction of sp³-hybridized carbons (Fsp3) is 0.333. The molecular formula is C12H13N3O3S2. The van der Waals surface area contributed by atoms with Crippen LogP contribution in [0.1, 0.15) is 6.42 Å². The number of para-hydroxylation sites is 1. The standard InChI is InChI=1S/C12H13N3O3S2/c13-20(17,18)7-8-5-11(16)15(6-8)12-14-9-3-1-2-4-10(9)19-12/h1-4,8H,5-7H2,(H2,13,17,18). The van der Waals surface area contributed by atoms with Gasteiger partial charge in [0.1, 0.15) is 0 Å². The molecule has 1 saturated heterocycles. The molecule has 1 aromatic heterocycles. The first-order valence-corrected chi connectivity index (χ1v) is 8.62. The van der Waals surface area contributed by atoms with Crippen molar-refractivity contribution in [2.24, 2.45) is 11.1 Å². The molecule has 1 aliphatic heterocycles. The first-order valence-electron chi connectivity index (χ1n) is 6.09. The Bertz CT molecular complexity index is 736. The molecule has 8 heteroatoms. The van der Waals surface area contributed by atoms with Gasteiger partial charge in [-0.3, -0.25) is 9.69 Å². The molecule has 2 N–H and O–H groups in total. The summed E-state index contributed by atoms with van der Waals surface area (Å²) in [6.45, 7) is 0.356. The van der Waals surface area contributed by atoms with Crippen molar-refractivity contribution in [1.29, 1.82) is 0 Å². The summed E-state index contributed by atoms with van der Waals surface area (Å²) in [5, 5.41) is 5.65. The third-order valence-corrected chi connectivity index (χ3v) is 5.18. The first-order chi connectivity index (χ1) is 9.42. The topological polar surface area (TPSA) is 93.4 Å². The summed E-state index contributed by atoms with van der Waals surface area (Å²) in [4.78, 5) is 18.0. The van der Waals surface area contributed by atoms with E-state index in [4.69, 9.17) is 5.14 Å². The van der Waals surface area contributed by atoms with Gasteiger partial charge < -0.3 is 0 Å². The van der Waals surface area contributed by atoms with Gasteiger partial charge in [0.25, 0.3) is 0 Å². The highest BCUT2D eigenvalue weighted by Gasteiger charge is 2.34. The van der Waals surface area contributed by atoms with Crippen LogP contribution in [-0.2, 0) is 14.8 Å². The fourth-order valence-electron chi connectivity index (χ4n) is 2.38. The molecule has 0 spiro atoms. The van der Waals surface area contributed by atoms with Crippen molar-refractivity contribution in [3.05, 3.63) is 24.3 Å². The number of hydrogen-bond donors (Lipinski definition) is 1. The zero-order chi connectivity index (χ0) is 14.3. The minimum atomic E-state index is -3.56. The van der Waals surface area contributed by atoms with Gasteiger partial charge in [0, 0.05) is 18.9 Å². The van der Waals surface area contributed by atoms with Crippen LogP contribution >= 0.6 is 11.3 Å². The Hall–Kier alpha value is -1.51. The zero-order valence-corrected chi connectivity index (χ0v) is 12.2. The predicted octanol–water partition coefficient (Wildman–Crippen LogP) is 0.938. The molecule has 3 rings (SSSR count). The van der Waals surface area contributed by atoms with Crippen molar-refractivity contribution in [2.75, 3.05) is 17.2 Å². The monoisotopic (exact) mass is 311 g/mol. The van der Waals surface area contributed by atoms with Crippen LogP contribution in [-0.4, -0.2) is 31.6 Å². The lowest BCUT2D eigenvalue weighted by Gasteiger charge is -2.12. The molecule has 1 atom stereocenters. The van der Waals surface area contributed by atoms with E-state index in [1.165, 1.54) is 11.3 Å². The summed E-state index contributed by atoms with van der Waals surface area (Å²) in [6, 6.07) is 7.64. The zero-order valence-electron chi connectivity index (χ0n) is 10.5. The van der Waals surface area contributed by atoms with Crippen LogP contribution in [0, 0.1) is 5.92 Å². The number of anilines is 1. The van der Waals surface area contributed by atoms with E-state index in [0.29, 0.717) is 11.7 Å². The molecule has 106 valence electrons. The smallest absolute Gasteiger partial charge is 0.229 e. The summed E-state index contributed by atoms with van der Waals surface area (Å²) in [5.74, 6) is -0.526. The number of aromatic nitrogens is 1. The average Bonchev–Trinajstić information content (AvgIpc) is 2.90. The van der Waals surface area contributed by atoms with Gasteiger partial charge in [-0.1, -0.05) is 23.5 Å². The molecule has 6 nitrogen and oxygen atoms in total. The number of benzene rings is 1. The second kappa shape index (κ2) is 4.80. The second-order valence-corrected chi connectivity index (χ2v) is 7.54. The summed E-state index contributed by atoms with van der Waals surface area (Å²) >= 11 is 1.43. The van der Waals surface area contributed by atoms with Gasteiger partial charge in [-0.2, -0.15) is 0 Å². The molecule has 0 aliphatic carbocycles. The summed E-state index contributed by atoms with van der Waals surface area (Å²) < 4.78 is 23.2. The van der Waals surface area contributed by atoms with Crippen LogP contribution in [0.25, 0.3) is 10.2 Å². The number of sulfonamides is 1. The van der Waals surface area contributed by atoms with E-state index in [1.54, 1.807) is 4.90 Å². The van der Waals surface area contributed by atoms with E-state index in [9.17, 15) is 13.2 Å². The number of amides is 1. The van der Waals surface area contributed by atoms with Crippen molar-refractivity contribution in [3.63, 3.8) is 0 Å². The highest BCUT2D eigenvalue weighted by atomic mass is 32.2. The Morgan fingerprint density at radius 1 is 1.40 bits per heavy atom. The highest BCUT2D eigenvalue weighted by molar-refractivity contribution is 7.89. The molecule has 2 heterocycles. The molecule has 1 aliphatic rings. The minimum absolute atomic E-state index is 0.0993. The van der Waals surface area contributed by atoms with Gasteiger partial charge >= 0.3 is 0 Å². The van der Waals surface area contributed by atoms with E-state index in [-0.39, 0.29) is 24.0 Å². The van der Waals surface area contributed by atoms with Crippen LogP contribution in [0.4, 0.5) is 5.13 Å². The quantitative estimate of drug-likeness (QED) is 0.912. The number of nitrogens with two attached hydrogens (primary N) is 1. The van der Waals surface area contributed by atoms with Crippen LogP contribution < -0.4 is 10.0 Å². The van der Waals surface area contributed by atoms with Gasteiger partial charge in [0.05, 0.1) is 16.0 Å². The number of fused-ring (bicyclic) bond motifs is 1. The molecule has 1 amide bonds. The third kappa shape index (κ3) is 2.67. The molecule has 1 aromatic carbocycles. The van der Waals surface area contributed by atoms with E-state index < -0.39 is 10.0 Å². The lowest BCUT2D eigenvalue weighted by molar-refractivity contribution is -0.117. The van der Waals surface area contributed by atoms with Crippen molar-refractivity contribution in [2.45, 2.75) is 6.42 Å². The molecule has 1 fully saturated rings. The number of primary sulfonamides is 1. The number of carbonyl (C=O) groups excluding carboxylic acids is 1. The number of nitrogens with zero attached hydrogens (tertiary/aromatic N) is 2. The summed E-state index contributed by atoms with van der Waals surface area (Å²) in [6.07, 6.45) is 0.201. The van der Waals surface area contributed by atoms with Crippen molar-refractivity contribution < 1.29 is 13.2 Å². The average molecular weight is 311 g/mol. The first kappa shape index (κ1) is 13.5. The van der Waals surface area contributed by atoms with E-state index in [0.717, 1.165) is 10.2 Å². The maximum Gasteiger partial charge on any atom is 0.229 e. The summed E-state index contributed by atoms with van der Waals surface area (Å²) in [7, 11) is -3.56. The maximum absolute atomic E-state index is 12.0. The van der Waals surface area contributed by atoms with Gasteiger partial charge in [-0.15, -0.1) is 0 Å². The SMILES string of the molecule is NS(=O)(=O)CC1CC(=O)N(c2nc3ccccc3s2)C1. The van der Waals surface area contributed by atoms with Crippen LogP contribution in [0.3, 0.4) is 0 Å². The number of rotatable bonds is 3. The van der Waals surface area contributed by atoms with Crippen LogP contribution in [0.15, 0.2) is 24.3 Å². The lowest BCUT2D eigenvalue weighted by atomic mass is 10.1. The van der Waals surface area contributed by atoms with Crippen molar-refractivity contribution >= 4 is 42.6 Å². The summed E-state index contributed by atoms with van der Waals surface area (Å²) in [5.41, 5.74) is 0.843. The molecule has 2 aromatic rings. The van der Waals surface area contributed by atoms with Crippen LogP contribution in [0.2, 0.25) is 0 Å². The van der Waals surface area contributed by atoms with Gasteiger partial charge in [0.2, 0.25) is 15.9 Å². The number of hydrogen-bond acceptors (Lipinski definition) is 5.